The van der Waals surface area contributed by atoms with Crippen LogP contribution < -0.4 is 16.0 Å². The number of hydrogen-bond acceptors (Lipinski definition) is 3. The molecule has 0 aliphatic carbocycles. The van der Waals surface area contributed by atoms with Crippen molar-refractivity contribution in [1.29, 1.82) is 0 Å². The maximum absolute atomic E-state index is 11.2. The first kappa shape index (κ1) is 9.50. The highest BCUT2D eigenvalue weighted by Crippen LogP contribution is 1.97. The Morgan fingerprint density at radius 1 is 1.62 bits per heavy atom. The van der Waals surface area contributed by atoms with Crippen LogP contribution in [0.5, 0.6) is 0 Å². The highest BCUT2D eigenvalue weighted by molar-refractivity contribution is 6.02. The fourth-order valence-corrected chi connectivity index (χ4v) is 1.06. The van der Waals surface area contributed by atoms with Gasteiger partial charge in [-0.3, -0.25) is 14.9 Å². The Labute approximate surface area is 75.1 Å². The fraction of sp³-hybridized carbons (Fsp3) is 0.571. The third-order valence-electron chi connectivity index (χ3n) is 1.62. The zero-order valence-electron chi connectivity index (χ0n) is 7.22. The molecule has 1 fully saturated rings. The lowest BCUT2D eigenvalue weighted by Crippen LogP contribution is -2.57. The molecule has 4 amide bonds. The summed E-state index contributed by atoms with van der Waals surface area (Å²) >= 11 is 0. The minimum absolute atomic E-state index is 0.00241. The summed E-state index contributed by atoms with van der Waals surface area (Å²) in [6, 6.07) is -1.35. The number of amides is 4. The van der Waals surface area contributed by atoms with Crippen molar-refractivity contribution >= 4 is 17.8 Å². The first-order valence-electron chi connectivity index (χ1n) is 4.01. The van der Waals surface area contributed by atoms with Gasteiger partial charge in [0.1, 0.15) is 6.04 Å². The van der Waals surface area contributed by atoms with E-state index >= 15 is 0 Å². The lowest BCUT2D eigenvalue weighted by molar-refractivity contribution is -0.128. The molecule has 0 aromatic heterocycles. The minimum atomic E-state index is -0.735. The third-order valence-corrected chi connectivity index (χ3v) is 1.62. The van der Waals surface area contributed by atoms with Crippen molar-refractivity contribution in [3.05, 3.63) is 0 Å². The molecule has 1 aliphatic rings. The molecule has 0 aromatic rings. The molecule has 0 aromatic carbocycles. The predicted octanol–water partition coefficient (Wildman–Crippen LogP) is -1.28. The van der Waals surface area contributed by atoms with Crippen molar-refractivity contribution < 1.29 is 14.4 Å². The third kappa shape index (κ3) is 2.43. The van der Waals surface area contributed by atoms with Gasteiger partial charge in [-0.1, -0.05) is 0 Å². The van der Waals surface area contributed by atoms with E-state index in [1.807, 2.05) is 5.32 Å². The lowest BCUT2D eigenvalue weighted by Gasteiger charge is -2.21. The van der Waals surface area contributed by atoms with Gasteiger partial charge in [-0.2, -0.15) is 0 Å². The van der Waals surface area contributed by atoms with Gasteiger partial charge in [0, 0.05) is 6.54 Å². The molecular formula is C7H11N3O3. The van der Waals surface area contributed by atoms with E-state index in [1.165, 1.54) is 0 Å². The lowest BCUT2D eigenvalue weighted by atomic mass is 10.1. The van der Waals surface area contributed by atoms with Gasteiger partial charge < -0.3 is 10.6 Å². The molecular weight excluding hydrogens is 174 g/mol. The first-order chi connectivity index (χ1) is 6.13. The van der Waals surface area contributed by atoms with E-state index in [1.54, 1.807) is 6.92 Å². The molecule has 0 radical (unpaired) electrons. The van der Waals surface area contributed by atoms with Crippen LogP contribution in [0.3, 0.4) is 0 Å². The van der Waals surface area contributed by atoms with Gasteiger partial charge in [-0.25, -0.2) is 4.79 Å². The topological polar surface area (TPSA) is 87.3 Å². The number of likely N-dealkylation sites (N-methyl/N-ethyl adjacent to an activating group) is 1. The summed E-state index contributed by atoms with van der Waals surface area (Å²) in [5.74, 6) is -0.759. The predicted molar refractivity (Wildman–Crippen MR) is 43.8 cm³/mol. The van der Waals surface area contributed by atoms with Crippen LogP contribution in [-0.2, 0) is 9.59 Å². The van der Waals surface area contributed by atoms with E-state index in [-0.39, 0.29) is 12.3 Å². The summed E-state index contributed by atoms with van der Waals surface area (Å²) in [5, 5.41) is 6.91. The maximum atomic E-state index is 11.2. The van der Waals surface area contributed by atoms with Crippen LogP contribution >= 0.6 is 0 Å². The number of carbonyl (C=O) groups excluding carboxylic acids is 3. The molecule has 1 rings (SSSR count). The van der Waals surface area contributed by atoms with Crippen molar-refractivity contribution in [3.8, 4) is 0 Å². The van der Waals surface area contributed by atoms with Crippen molar-refractivity contribution in [3.63, 3.8) is 0 Å². The number of imide groups is 1. The summed E-state index contributed by atoms with van der Waals surface area (Å²) < 4.78 is 0. The van der Waals surface area contributed by atoms with Gasteiger partial charge in [0.05, 0.1) is 6.42 Å². The summed E-state index contributed by atoms with van der Waals surface area (Å²) in [7, 11) is 0. The van der Waals surface area contributed by atoms with Crippen LogP contribution in [0.4, 0.5) is 4.79 Å². The fourth-order valence-electron chi connectivity index (χ4n) is 1.06. The molecule has 0 spiro atoms. The SMILES string of the molecule is CCNC(=O)[C@H]1CC(=O)NC(=O)N1. The number of carbonyl (C=O) groups is 3. The molecule has 13 heavy (non-hydrogen) atoms. The van der Waals surface area contributed by atoms with E-state index in [2.05, 4.69) is 10.6 Å². The molecule has 0 saturated carbocycles. The molecule has 1 aliphatic heterocycles. The Hall–Kier alpha value is -1.59. The number of hydrogen-bond donors (Lipinski definition) is 3. The second-order valence-corrected chi connectivity index (χ2v) is 2.67. The summed E-state index contributed by atoms with van der Waals surface area (Å²) in [4.78, 5) is 32.8. The molecule has 1 atom stereocenters. The average molecular weight is 185 g/mol. The van der Waals surface area contributed by atoms with Crippen molar-refractivity contribution in [1.82, 2.24) is 16.0 Å². The average Bonchev–Trinajstić information content (AvgIpc) is 2.03. The Balaban J connectivity index is 2.54. The number of nitrogens with one attached hydrogen (secondary N) is 3. The highest BCUT2D eigenvalue weighted by Gasteiger charge is 2.28. The number of rotatable bonds is 2. The quantitative estimate of drug-likeness (QED) is 0.500. The molecule has 6 nitrogen and oxygen atoms in total. The second kappa shape index (κ2) is 3.88. The van der Waals surface area contributed by atoms with Crippen LogP contribution in [-0.4, -0.2) is 30.4 Å². The Morgan fingerprint density at radius 2 is 2.31 bits per heavy atom. The van der Waals surface area contributed by atoms with Crippen LogP contribution in [0.15, 0.2) is 0 Å². The summed E-state index contributed by atoms with van der Waals surface area (Å²) in [5.41, 5.74) is 0. The zero-order chi connectivity index (χ0) is 9.84. The van der Waals surface area contributed by atoms with Crippen molar-refractivity contribution in [2.75, 3.05) is 6.54 Å². The van der Waals surface area contributed by atoms with Crippen LogP contribution in [0.2, 0.25) is 0 Å². The van der Waals surface area contributed by atoms with Crippen LogP contribution in [0, 0.1) is 0 Å². The summed E-state index contributed by atoms with van der Waals surface area (Å²) in [6.45, 7) is 2.25. The Bertz CT molecular complexity index is 235. The van der Waals surface area contributed by atoms with E-state index in [4.69, 9.17) is 0 Å². The monoisotopic (exact) mass is 185 g/mol. The Morgan fingerprint density at radius 3 is 2.85 bits per heavy atom. The summed E-state index contributed by atoms with van der Waals surface area (Å²) in [6.07, 6.45) is -0.00241. The van der Waals surface area contributed by atoms with E-state index < -0.39 is 18.0 Å². The van der Waals surface area contributed by atoms with Gasteiger partial charge in [-0.05, 0) is 6.92 Å². The van der Waals surface area contributed by atoms with E-state index in [9.17, 15) is 14.4 Å². The maximum Gasteiger partial charge on any atom is 0.322 e. The van der Waals surface area contributed by atoms with Crippen LogP contribution in [0.1, 0.15) is 13.3 Å². The van der Waals surface area contributed by atoms with Gasteiger partial charge in [0.2, 0.25) is 11.8 Å². The second-order valence-electron chi connectivity index (χ2n) is 2.67. The molecule has 6 heteroatoms. The molecule has 0 unspecified atom stereocenters. The normalized spacial score (nSPS) is 21.8. The molecule has 3 N–H and O–H groups in total. The highest BCUT2D eigenvalue weighted by atomic mass is 16.2. The van der Waals surface area contributed by atoms with Gasteiger partial charge in [-0.15, -0.1) is 0 Å². The van der Waals surface area contributed by atoms with E-state index in [0.29, 0.717) is 6.54 Å². The Kier molecular flexibility index (Phi) is 2.84. The van der Waals surface area contributed by atoms with Crippen molar-refractivity contribution in [2.24, 2.45) is 0 Å². The van der Waals surface area contributed by atoms with Gasteiger partial charge in [0.25, 0.3) is 0 Å². The molecule has 1 heterocycles. The molecule has 72 valence electrons. The zero-order valence-corrected chi connectivity index (χ0v) is 7.22. The largest absolute Gasteiger partial charge is 0.355 e. The molecule has 1 saturated heterocycles. The number of urea groups is 1. The standard InChI is InChI=1S/C7H11N3O3/c1-2-8-6(12)4-3-5(11)10-7(13)9-4/h4H,2-3H2,1H3,(H,8,12)(H2,9,10,11,13)/t4-/m1/s1. The van der Waals surface area contributed by atoms with Gasteiger partial charge >= 0.3 is 6.03 Å². The van der Waals surface area contributed by atoms with Crippen LogP contribution in [0.25, 0.3) is 0 Å². The van der Waals surface area contributed by atoms with Crippen molar-refractivity contribution in [2.45, 2.75) is 19.4 Å². The van der Waals surface area contributed by atoms with Gasteiger partial charge in [0.15, 0.2) is 0 Å². The smallest absolute Gasteiger partial charge is 0.322 e. The minimum Gasteiger partial charge on any atom is -0.355 e. The first-order valence-corrected chi connectivity index (χ1v) is 4.01. The molecule has 0 bridgehead atoms. The van der Waals surface area contributed by atoms with E-state index in [0.717, 1.165) is 0 Å².